The molecule has 1 aromatic heterocycles. The minimum absolute atomic E-state index is 0.0609. The maximum Gasteiger partial charge on any atom is 0.255 e. The molecule has 0 aliphatic heterocycles. The summed E-state index contributed by atoms with van der Waals surface area (Å²) in [6.07, 6.45) is 0. The van der Waals surface area contributed by atoms with E-state index < -0.39 is 29.3 Å². The van der Waals surface area contributed by atoms with E-state index in [9.17, 15) is 17.6 Å². The molecule has 4 nitrogen and oxygen atoms in total. The van der Waals surface area contributed by atoms with Gasteiger partial charge in [-0.1, -0.05) is 6.07 Å². The van der Waals surface area contributed by atoms with Crippen LogP contribution in [0.2, 0.25) is 0 Å². The monoisotopic (exact) mass is 303 g/mol. The number of hydrogen-bond acceptors (Lipinski definition) is 4. The molecular formula is C13H9F4NO3. The van der Waals surface area contributed by atoms with Crippen LogP contribution in [0.1, 0.15) is 0 Å². The molecule has 0 saturated heterocycles. The number of benzene rings is 1. The number of nitrogens with zero attached hydrogens (tertiary/aromatic N) is 1. The van der Waals surface area contributed by atoms with Crippen molar-refractivity contribution in [3.63, 3.8) is 0 Å². The standard InChI is InChI=1S/C13H9F4NO3/c1-19-6-4-3-5-7(20-2)10(6)21-11-8(14)12(16)18-13(17)9(11)15/h3-5H,1-2H3. The highest BCUT2D eigenvalue weighted by molar-refractivity contribution is 5.53. The first-order chi connectivity index (χ1) is 9.99. The number of methoxy groups -OCH3 is 2. The van der Waals surface area contributed by atoms with Crippen LogP contribution in [0.3, 0.4) is 0 Å². The topological polar surface area (TPSA) is 40.6 Å². The second-order valence-electron chi connectivity index (χ2n) is 3.74. The van der Waals surface area contributed by atoms with E-state index in [1.54, 1.807) is 0 Å². The Morgan fingerprint density at radius 2 is 1.29 bits per heavy atom. The predicted molar refractivity (Wildman–Crippen MR) is 63.7 cm³/mol. The third-order valence-corrected chi connectivity index (χ3v) is 2.54. The van der Waals surface area contributed by atoms with Gasteiger partial charge in [0.15, 0.2) is 11.5 Å². The molecule has 8 heteroatoms. The van der Waals surface area contributed by atoms with Crippen molar-refractivity contribution in [2.24, 2.45) is 0 Å². The van der Waals surface area contributed by atoms with Crippen molar-refractivity contribution in [1.29, 1.82) is 0 Å². The van der Waals surface area contributed by atoms with E-state index in [1.807, 2.05) is 0 Å². The van der Waals surface area contributed by atoms with Crippen LogP contribution in [-0.2, 0) is 0 Å². The van der Waals surface area contributed by atoms with Crippen LogP contribution in [0.5, 0.6) is 23.0 Å². The quantitative estimate of drug-likeness (QED) is 0.641. The summed E-state index contributed by atoms with van der Waals surface area (Å²) in [5.74, 6) is -8.55. The van der Waals surface area contributed by atoms with Crippen molar-refractivity contribution >= 4 is 0 Å². The Hall–Kier alpha value is -2.51. The van der Waals surface area contributed by atoms with Crippen LogP contribution in [0.4, 0.5) is 17.6 Å². The first-order valence-corrected chi connectivity index (χ1v) is 5.58. The number of halogens is 4. The molecule has 0 aliphatic rings. The normalized spacial score (nSPS) is 10.4. The van der Waals surface area contributed by atoms with Gasteiger partial charge in [0.05, 0.1) is 14.2 Å². The Morgan fingerprint density at radius 1 is 0.810 bits per heavy atom. The molecule has 1 heterocycles. The lowest BCUT2D eigenvalue weighted by atomic mass is 10.3. The first kappa shape index (κ1) is 14.9. The molecule has 21 heavy (non-hydrogen) atoms. The highest BCUT2D eigenvalue weighted by atomic mass is 19.2. The summed E-state index contributed by atoms with van der Waals surface area (Å²) in [5, 5.41) is 0. The number of para-hydroxylation sites is 1. The SMILES string of the molecule is COc1cccc(OC)c1Oc1c(F)c(F)nc(F)c1F. The van der Waals surface area contributed by atoms with E-state index in [4.69, 9.17) is 14.2 Å². The van der Waals surface area contributed by atoms with E-state index in [-0.39, 0.29) is 17.2 Å². The summed E-state index contributed by atoms with van der Waals surface area (Å²) in [7, 11) is 2.56. The first-order valence-electron chi connectivity index (χ1n) is 5.58. The minimum atomic E-state index is -1.82. The summed E-state index contributed by atoms with van der Waals surface area (Å²) >= 11 is 0. The molecule has 112 valence electrons. The Balaban J connectivity index is 2.58. The fraction of sp³-hybridized carbons (Fsp3) is 0.154. The maximum atomic E-state index is 13.5. The van der Waals surface area contributed by atoms with Gasteiger partial charge in [0.1, 0.15) is 0 Å². The van der Waals surface area contributed by atoms with Gasteiger partial charge in [-0.15, -0.1) is 0 Å². The fourth-order valence-electron chi connectivity index (χ4n) is 1.58. The smallest absolute Gasteiger partial charge is 0.255 e. The largest absolute Gasteiger partial charge is 0.493 e. The molecule has 0 unspecified atom stereocenters. The molecule has 0 radical (unpaired) electrons. The summed E-state index contributed by atoms with van der Waals surface area (Å²) in [6, 6.07) is 4.37. The summed E-state index contributed by atoms with van der Waals surface area (Å²) in [6.45, 7) is 0. The highest BCUT2D eigenvalue weighted by Crippen LogP contribution is 2.41. The molecule has 2 rings (SSSR count). The summed E-state index contributed by atoms with van der Waals surface area (Å²) in [5.41, 5.74) is 0. The Morgan fingerprint density at radius 3 is 1.71 bits per heavy atom. The number of rotatable bonds is 4. The molecule has 0 fully saturated rings. The molecule has 1 aromatic carbocycles. The maximum absolute atomic E-state index is 13.5. The zero-order chi connectivity index (χ0) is 15.6. The van der Waals surface area contributed by atoms with E-state index in [2.05, 4.69) is 4.98 Å². The lowest BCUT2D eigenvalue weighted by molar-refractivity contribution is 0.311. The third-order valence-electron chi connectivity index (χ3n) is 2.54. The van der Waals surface area contributed by atoms with Crippen LogP contribution in [0, 0.1) is 23.5 Å². The highest BCUT2D eigenvalue weighted by Gasteiger charge is 2.25. The molecule has 0 aliphatic carbocycles. The van der Waals surface area contributed by atoms with Crippen molar-refractivity contribution in [3.05, 3.63) is 41.7 Å². The second kappa shape index (κ2) is 5.86. The minimum Gasteiger partial charge on any atom is -0.493 e. The lowest BCUT2D eigenvalue weighted by Gasteiger charge is -2.14. The fourth-order valence-corrected chi connectivity index (χ4v) is 1.58. The molecule has 0 spiro atoms. The van der Waals surface area contributed by atoms with Gasteiger partial charge in [-0.3, -0.25) is 0 Å². The van der Waals surface area contributed by atoms with E-state index in [1.165, 1.54) is 32.4 Å². The van der Waals surface area contributed by atoms with Gasteiger partial charge in [0.25, 0.3) is 11.9 Å². The van der Waals surface area contributed by atoms with Crippen LogP contribution in [0.25, 0.3) is 0 Å². The van der Waals surface area contributed by atoms with E-state index >= 15 is 0 Å². The number of aromatic nitrogens is 1. The Bertz CT molecular complexity index is 630. The zero-order valence-corrected chi connectivity index (χ0v) is 10.9. The van der Waals surface area contributed by atoms with E-state index in [0.717, 1.165) is 0 Å². The van der Waals surface area contributed by atoms with Crippen molar-refractivity contribution in [1.82, 2.24) is 4.98 Å². The van der Waals surface area contributed by atoms with E-state index in [0.29, 0.717) is 0 Å². The van der Waals surface area contributed by atoms with Gasteiger partial charge >= 0.3 is 0 Å². The van der Waals surface area contributed by atoms with Crippen LogP contribution >= 0.6 is 0 Å². The van der Waals surface area contributed by atoms with Crippen molar-refractivity contribution < 1.29 is 31.8 Å². The number of hydrogen-bond donors (Lipinski definition) is 0. The van der Waals surface area contributed by atoms with Gasteiger partial charge in [-0.25, -0.2) is 0 Å². The average molecular weight is 303 g/mol. The molecular weight excluding hydrogens is 294 g/mol. The third kappa shape index (κ3) is 2.69. The van der Waals surface area contributed by atoms with Gasteiger partial charge in [0.2, 0.25) is 23.1 Å². The van der Waals surface area contributed by atoms with Crippen molar-refractivity contribution in [3.8, 4) is 23.0 Å². The Labute approximate surface area is 116 Å². The average Bonchev–Trinajstić information content (AvgIpc) is 2.49. The van der Waals surface area contributed by atoms with Gasteiger partial charge in [0, 0.05) is 0 Å². The molecule has 0 atom stereocenters. The van der Waals surface area contributed by atoms with Crippen LogP contribution < -0.4 is 14.2 Å². The van der Waals surface area contributed by atoms with Gasteiger partial charge < -0.3 is 14.2 Å². The van der Waals surface area contributed by atoms with Crippen LogP contribution in [0.15, 0.2) is 18.2 Å². The number of ether oxygens (including phenoxy) is 3. The zero-order valence-electron chi connectivity index (χ0n) is 10.9. The van der Waals surface area contributed by atoms with Crippen molar-refractivity contribution in [2.45, 2.75) is 0 Å². The van der Waals surface area contributed by atoms with Crippen LogP contribution in [-0.4, -0.2) is 19.2 Å². The lowest BCUT2D eigenvalue weighted by Crippen LogP contribution is -2.04. The van der Waals surface area contributed by atoms with Gasteiger partial charge in [-0.2, -0.15) is 22.5 Å². The van der Waals surface area contributed by atoms with Crippen molar-refractivity contribution in [2.75, 3.05) is 14.2 Å². The molecule has 2 aromatic rings. The molecule has 0 amide bonds. The molecule has 0 N–H and O–H groups in total. The molecule has 0 bridgehead atoms. The summed E-state index contributed by atoms with van der Waals surface area (Å²) < 4.78 is 68.0. The molecule has 0 saturated carbocycles. The predicted octanol–water partition coefficient (Wildman–Crippen LogP) is 3.45. The second-order valence-corrected chi connectivity index (χ2v) is 3.74. The number of pyridine rings is 1. The Kier molecular flexibility index (Phi) is 4.15. The summed E-state index contributed by atoms with van der Waals surface area (Å²) in [4.78, 5) is 2.43. The van der Waals surface area contributed by atoms with Gasteiger partial charge in [-0.05, 0) is 12.1 Å².